The van der Waals surface area contributed by atoms with Gasteiger partial charge in [0.05, 0.1) is 18.0 Å². The van der Waals surface area contributed by atoms with Gasteiger partial charge in [0.25, 0.3) is 5.91 Å². The van der Waals surface area contributed by atoms with Crippen molar-refractivity contribution < 1.29 is 9.53 Å². The summed E-state index contributed by atoms with van der Waals surface area (Å²) in [4.78, 5) is 21.5. The quantitative estimate of drug-likeness (QED) is 0.655. The minimum atomic E-state index is 0.0142. The van der Waals surface area contributed by atoms with E-state index in [2.05, 4.69) is 26.7 Å². The molecular weight excluding hydrogens is 378 g/mol. The third-order valence-electron chi connectivity index (χ3n) is 5.88. The predicted molar refractivity (Wildman–Crippen MR) is 116 cm³/mol. The molecule has 2 aliphatic rings. The van der Waals surface area contributed by atoms with Crippen LogP contribution in [0.25, 0.3) is 16.9 Å². The largest absolute Gasteiger partial charge is 0.376 e. The SMILES string of the molecule is Cc1cc(-c2cnc3c(NCC4CCCCO4)nccn23)ccc1C(=O)NC1CC1. The Morgan fingerprint density at radius 1 is 1.23 bits per heavy atom. The van der Waals surface area contributed by atoms with Gasteiger partial charge in [0.1, 0.15) is 0 Å². The molecule has 1 unspecified atom stereocenters. The van der Waals surface area contributed by atoms with Crippen molar-refractivity contribution in [3.63, 3.8) is 0 Å². The van der Waals surface area contributed by atoms with E-state index in [0.29, 0.717) is 6.04 Å². The molecule has 1 amide bonds. The number of fused-ring (bicyclic) bond motifs is 1. The number of aromatic nitrogens is 3. The van der Waals surface area contributed by atoms with E-state index in [-0.39, 0.29) is 12.0 Å². The van der Waals surface area contributed by atoms with Crippen molar-refractivity contribution in [2.24, 2.45) is 0 Å². The van der Waals surface area contributed by atoms with Crippen LogP contribution in [0.15, 0.2) is 36.8 Å². The molecule has 0 spiro atoms. The van der Waals surface area contributed by atoms with Crippen LogP contribution < -0.4 is 10.6 Å². The van der Waals surface area contributed by atoms with Crippen LogP contribution in [-0.4, -0.2) is 45.6 Å². The Bertz CT molecular complexity index is 1070. The molecule has 7 heteroatoms. The molecule has 1 saturated heterocycles. The molecule has 0 bridgehead atoms. The molecule has 30 heavy (non-hydrogen) atoms. The van der Waals surface area contributed by atoms with Crippen LogP contribution in [0, 0.1) is 6.92 Å². The van der Waals surface area contributed by atoms with Crippen molar-refractivity contribution in [3.8, 4) is 11.3 Å². The second-order valence-corrected chi connectivity index (χ2v) is 8.26. The first kappa shape index (κ1) is 19.1. The summed E-state index contributed by atoms with van der Waals surface area (Å²) in [5.41, 5.74) is 4.48. The zero-order valence-electron chi connectivity index (χ0n) is 17.2. The lowest BCUT2D eigenvalue weighted by molar-refractivity contribution is 0.0247. The van der Waals surface area contributed by atoms with Gasteiger partial charge in [-0.3, -0.25) is 9.20 Å². The molecule has 2 aromatic heterocycles. The normalized spacial score (nSPS) is 19.0. The smallest absolute Gasteiger partial charge is 0.251 e. The summed E-state index contributed by atoms with van der Waals surface area (Å²) in [5.74, 6) is 0.774. The highest BCUT2D eigenvalue weighted by atomic mass is 16.5. The number of carbonyl (C=O) groups excluding carboxylic acids is 1. The number of hydrogen-bond acceptors (Lipinski definition) is 5. The number of rotatable bonds is 6. The summed E-state index contributed by atoms with van der Waals surface area (Å²) >= 11 is 0. The van der Waals surface area contributed by atoms with Crippen molar-refractivity contribution in [2.45, 2.75) is 51.2 Å². The molecule has 1 atom stereocenters. The minimum absolute atomic E-state index is 0.0142. The number of carbonyl (C=O) groups is 1. The fourth-order valence-electron chi connectivity index (χ4n) is 4.00. The van der Waals surface area contributed by atoms with Gasteiger partial charge in [-0.05, 0) is 56.7 Å². The van der Waals surface area contributed by atoms with Gasteiger partial charge in [-0.1, -0.05) is 6.07 Å². The first-order valence-electron chi connectivity index (χ1n) is 10.8. The van der Waals surface area contributed by atoms with Crippen LogP contribution in [0.1, 0.15) is 48.0 Å². The second kappa shape index (κ2) is 8.07. The molecule has 5 rings (SSSR count). The Labute approximate surface area is 175 Å². The zero-order chi connectivity index (χ0) is 20.5. The van der Waals surface area contributed by atoms with E-state index in [9.17, 15) is 4.79 Å². The molecule has 3 heterocycles. The average molecular weight is 406 g/mol. The van der Waals surface area contributed by atoms with Crippen LogP contribution >= 0.6 is 0 Å². The standard InChI is InChI=1S/C23H27N5O2/c1-15-12-16(5-8-19(15)23(29)27-17-6-7-17)20-14-26-22-21(24-9-10-28(20)22)25-13-18-4-2-3-11-30-18/h5,8-10,12,14,17-18H,2-4,6-7,11,13H2,1H3,(H,24,25)(H,27,29). The van der Waals surface area contributed by atoms with Crippen molar-refractivity contribution in [3.05, 3.63) is 47.9 Å². The maximum Gasteiger partial charge on any atom is 0.251 e. The van der Waals surface area contributed by atoms with Gasteiger partial charge in [-0.25, -0.2) is 9.97 Å². The predicted octanol–water partition coefficient (Wildman–Crippen LogP) is 3.58. The molecule has 2 N–H and O–H groups in total. The number of hydrogen-bond donors (Lipinski definition) is 2. The van der Waals surface area contributed by atoms with Gasteiger partial charge in [-0.15, -0.1) is 0 Å². The Morgan fingerprint density at radius 2 is 2.13 bits per heavy atom. The maximum absolute atomic E-state index is 12.4. The number of nitrogens with one attached hydrogen (secondary N) is 2. The molecule has 156 valence electrons. The highest BCUT2D eigenvalue weighted by Crippen LogP contribution is 2.26. The van der Waals surface area contributed by atoms with Gasteiger partial charge in [0, 0.05) is 42.7 Å². The summed E-state index contributed by atoms with van der Waals surface area (Å²) in [7, 11) is 0. The average Bonchev–Trinajstić information content (AvgIpc) is 3.47. The van der Waals surface area contributed by atoms with E-state index in [4.69, 9.17) is 4.74 Å². The van der Waals surface area contributed by atoms with E-state index >= 15 is 0 Å². The lowest BCUT2D eigenvalue weighted by Crippen LogP contribution is -2.27. The molecule has 2 fully saturated rings. The van der Waals surface area contributed by atoms with Crippen LogP contribution in [0.2, 0.25) is 0 Å². The van der Waals surface area contributed by atoms with Crippen LogP contribution in [0.4, 0.5) is 5.82 Å². The number of aryl methyl sites for hydroxylation is 1. The zero-order valence-corrected chi connectivity index (χ0v) is 17.2. The molecule has 1 aromatic carbocycles. The molecule has 7 nitrogen and oxygen atoms in total. The highest BCUT2D eigenvalue weighted by molar-refractivity contribution is 5.96. The van der Waals surface area contributed by atoms with Crippen LogP contribution in [-0.2, 0) is 4.74 Å². The van der Waals surface area contributed by atoms with Crippen molar-refractivity contribution >= 4 is 17.4 Å². The van der Waals surface area contributed by atoms with Gasteiger partial charge < -0.3 is 15.4 Å². The Morgan fingerprint density at radius 3 is 2.90 bits per heavy atom. The van der Waals surface area contributed by atoms with E-state index in [0.717, 1.165) is 72.7 Å². The summed E-state index contributed by atoms with van der Waals surface area (Å²) in [5, 5.41) is 6.47. The summed E-state index contributed by atoms with van der Waals surface area (Å²) in [6, 6.07) is 6.30. The van der Waals surface area contributed by atoms with Crippen LogP contribution in [0.5, 0.6) is 0 Å². The van der Waals surface area contributed by atoms with Gasteiger partial charge in [0.15, 0.2) is 11.5 Å². The first-order chi connectivity index (χ1) is 14.7. The van der Waals surface area contributed by atoms with E-state index in [1.807, 2.05) is 35.9 Å². The summed E-state index contributed by atoms with van der Waals surface area (Å²) in [6.07, 6.45) is 11.4. The van der Waals surface area contributed by atoms with Crippen LogP contribution in [0.3, 0.4) is 0 Å². The first-order valence-corrected chi connectivity index (χ1v) is 10.8. The maximum atomic E-state index is 12.4. The van der Waals surface area contributed by atoms with Gasteiger partial charge in [0.2, 0.25) is 0 Å². The van der Waals surface area contributed by atoms with Crippen molar-refractivity contribution in [1.82, 2.24) is 19.7 Å². The summed E-state index contributed by atoms with van der Waals surface area (Å²) < 4.78 is 7.85. The van der Waals surface area contributed by atoms with Crippen molar-refractivity contribution in [1.29, 1.82) is 0 Å². The lowest BCUT2D eigenvalue weighted by atomic mass is 10.0. The Kier molecular flexibility index (Phi) is 5.12. The second-order valence-electron chi connectivity index (χ2n) is 8.26. The molecular formula is C23H27N5O2. The fraction of sp³-hybridized carbons (Fsp3) is 0.435. The lowest BCUT2D eigenvalue weighted by Gasteiger charge is -2.23. The number of benzene rings is 1. The topological polar surface area (TPSA) is 80.6 Å². The molecule has 1 aliphatic carbocycles. The Hall–Kier alpha value is -2.93. The third-order valence-corrected chi connectivity index (χ3v) is 5.88. The minimum Gasteiger partial charge on any atom is -0.376 e. The summed E-state index contributed by atoms with van der Waals surface area (Å²) in [6.45, 7) is 3.55. The number of nitrogens with zero attached hydrogens (tertiary/aromatic N) is 3. The highest BCUT2D eigenvalue weighted by Gasteiger charge is 2.24. The monoisotopic (exact) mass is 405 g/mol. The number of anilines is 1. The third kappa shape index (κ3) is 3.89. The number of imidazole rings is 1. The fourth-order valence-corrected chi connectivity index (χ4v) is 4.00. The molecule has 1 saturated carbocycles. The van der Waals surface area contributed by atoms with E-state index < -0.39 is 0 Å². The van der Waals surface area contributed by atoms with E-state index in [1.54, 1.807) is 6.20 Å². The van der Waals surface area contributed by atoms with Gasteiger partial charge >= 0.3 is 0 Å². The van der Waals surface area contributed by atoms with E-state index in [1.165, 1.54) is 6.42 Å². The Balaban J connectivity index is 1.38. The van der Waals surface area contributed by atoms with Crippen molar-refractivity contribution in [2.75, 3.05) is 18.5 Å². The van der Waals surface area contributed by atoms with Gasteiger partial charge in [-0.2, -0.15) is 0 Å². The molecule has 1 aliphatic heterocycles. The molecule has 0 radical (unpaired) electrons. The number of amides is 1. The molecule has 3 aromatic rings. The number of ether oxygens (including phenoxy) is 1.